The molecule has 26 heavy (non-hydrogen) atoms. The van der Waals surface area contributed by atoms with E-state index in [1.807, 2.05) is 32.9 Å². The number of nitriles is 1. The molecule has 1 amide bonds. The second-order valence-electron chi connectivity index (χ2n) is 8.17. The Hall–Kier alpha value is -2.42. The molecule has 1 heterocycles. The summed E-state index contributed by atoms with van der Waals surface area (Å²) in [5, 5.41) is 12.7. The minimum atomic E-state index is -0.460. The van der Waals surface area contributed by atoms with E-state index in [2.05, 4.69) is 28.4 Å². The van der Waals surface area contributed by atoms with Crippen molar-refractivity contribution in [2.24, 2.45) is 0 Å². The zero-order valence-electron chi connectivity index (χ0n) is 15.9. The fourth-order valence-corrected chi connectivity index (χ4v) is 3.30. The maximum Gasteiger partial charge on any atom is 0.410 e. The quantitative estimate of drug-likeness (QED) is 0.896. The summed E-state index contributed by atoms with van der Waals surface area (Å²) in [7, 11) is 0. The summed E-state index contributed by atoms with van der Waals surface area (Å²) in [4.78, 5) is 16.2. The van der Waals surface area contributed by atoms with Crippen molar-refractivity contribution >= 4 is 17.5 Å². The minimum Gasteiger partial charge on any atom is -0.444 e. The number of nitrogens with zero attached hydrogens (tertiary/aromatic N) is 3. The maximum atomic E-state index is 12.1. The summed E-state index contributed by atoms with van der Waals surface area (Å²) < 4.78 is 5.44. The Labute approximate surface area is 155 Å². The normalized spacial score (nSPS) is 19.3. The lowest BCUT2D eigenvalue weighted by Crippen LogP contribution is -2.50. The fraction of sp³-hybridized carbons (Fsp3) is 0.600. The molecule has 6 nitrogen and oxygen atoms in total. The average molecular weight is 356 g/mol. The van der Waals surface area contributed by atoms with Gasteiger partial charge in [-0.25, -0.2) is 4.79 Å². The van der Waals surface area contributed by atoms with Crippen molar-refractivity contribution in [1.82, 2.24) is 4.90 Å². The molecule has 6 heteroatoms. The van der Waals surface area contributed by atoms with Crippen molar-refractivity contribution < 1.29 is 9.53 Å². The van der Waals surface area contributed by atoms with Crippen LogP contribution in [0.2, 0.25) is 0 Å². The van der Waals surface area contributed by atoms with Crippen LogP contribution < -0.4 is 10.2 Å². The van der Waals surface area contributed by atoms with Gasteiger partial charge in [0.2, 0.25) is 0 Å². The number of amides is 1. The van der Waals surface area contributed by atoms with E-state index in [9.17, 15) is 10.1 Å². The Bertz CT molecular complexity index is 675. The molecule has 0 atom stereocenters. The Morgan fingerprint density at radius 3 is 2.23 bits per heavy atom. The second-order valence-corrected chi connectivity index (χ2v) is 8.17. The Morgan fingerprint density at radius 1 is 1.15 bits per heavy atom. The van der Waals surface area contributed by atoms with Crippen LogP contribution in [0.4, 0.5) is 16.2 Å². The predicted octanol–water partition coefficient (Wildman–Crippen LogP) is 3.60. The van der Waals surface area contributed by atoms with Gasteiger partial charge < -0.3 is 19.9 Å². The van der Waals surface area contributed by atoms with Crippen molar-refractivity contribution in [3.63, 3.8) is 0 Å². The topological polar surface area (TPSA) is 68.6 Å². The molecule has 1 aromatic carbocycles. The molecule has 1 aliphatic heterocycles. The van der Waals surface area contributed by atoms with Crippen LogP contribution in [0.5, 0.6) is 0 Å². The lowest BCUT2D eigenvalue weighted by molar-refractivity contribution is 0.0240. The Balaban J connectivity index is 1.53. The van der Waals surface area contributed by atoms with E-state index in [-0.39, 0.29) is 11.6 Å². The fourth-order valence-electron chi connectivity index (χ4n) is 3.30. The minimum absolute atomic E-state index is 0.237. The number of rotatable bonds is 3. The highest BCUT2D eigenvalue weighted by Gasteiger charge is 2.37. The van der Waals surface area contributed by atoms with Gasteiger partial charge in [-0.2, -0.15) is 5.26 Å². The molecule has 1 saturated heterocycles. The van der Waals surface area contributed by atoms with Crippen LogP contribution in [0.1, 0.15) is 40.0 Å². The van der Waals surface area contributed by atoms with Crippen molar-refractivity contribution in [3.8, 4) is 6.07 Å². The van der Waals surface area contributed by atoms with Gasteiger partial charge in [-0.15, -0.1) is 0 Å². The first-order chi connectivity index (χ1) is 12.3. The van der Waals surface area contributed by atoms with Gasteiger partial charge in [0.15, 0.2) is 0 Å². The van der Waals surface area contributed by atoms with Crippen LogP contribution in [0, 0.1) is 11.3 Å². The van der Waals surface area contributed by atoms with Gasteiger partial charge in [0.25, 0.3) is 0 Å². The molecule has 0 unspecified atom stereocenters. The van der Waals surface area contributed by atoms with Crippen molar-refractivity contribution in [1.29, 1.82) is 5.26 Å². The van der Waals surface area contributed by atoms with Crippen LogP contribution in [0.3, 0.4) is 0 Å². The molecule has 0 aromatic heterocycles. The molecule has 1 saturated carbocycles. The number of benzene rings is 1. The maximum absolute atomic E-state index is 12.1. The van der Waals surface area contributed by atoms with Gasteiger partial charge in [0.1, 0.15) is 11.1 Å². The number of hydrogen-bond donors (Lipinski definition) is 1. The first kappa shape index (κ1) is 18.4. The number of ether oxygens (including phenoxy) is 1. The van der Waals surface area contributed by atoms with Crippen molar-refractivity contribution in [2.45, 2.75) is 51.2 Å². The van der Waals surface area contributed by atoms with Crippen LogP contribution in [0.15, 0.2) is 24.3 Å². The average Bonchev–Trinajstić information content (AvgIpc) is 2.57. The van der Waals surface area contributed by atoms with E-state index < -0.39 is 5.60 Å². The third-order valence-electron chi connectivity index (χ3n) is 4.97. The molecular formula is C20H28N4O2. The number of nitrogens with one attached hydrogen (secondary N) is 1. The summed E-state index contributed by atoms with van der Waals surface area (Å²) in [6, 6.07) is 10.6. The SMILES string of the molecule is CC(C)(C)OC(=O)N1CCN(c2ccc(NC3(C#N)CCC3)cc2)CC1. The van der Waals surface area contributed by atoms with E-state index >= 15 is 0 Å². The highest BCUT2D eigenvalue weighted by molar-refractivity contribution is 5.68. The molecule has 2 fully saturated rings. The summed E-state index contributed by atoms with van der Waals surface area (Å²) in [5.41, 5.74) is 1.29. The van der Waals surface area contributed by atoms with Gasteiger partial charge in [0.05, 0.1) is 6.07 Å². The summed E-state index contributed by atoms with van der Waals surface area (Å²) in [6.45, 7) is 8.55. The number of piperazine rings is 1. The van der Waals surface area contributed by atoms with Gasteiger partial charge >= 0.3 is 6.09 Å². The molecule has 140 valence electrons. The molecule has 1 N–H and O–H groups in total. The van der Waals surface area contributed by atoms with E-state index in [0.717, 1.165) is 43.7 Å². The Kier molecular flexibility index (Phi) is 4.99. The van der Waals surface area contributed by atoms with Gasteiger partial charge in [-0.3, -0.25) is 0 Å². The molecular weight excluding hydrogens is 328 g/mol. The molecule has 0 bridgehead atoms. The molecule has 0 spiro atoms. The number of hydrogen-bond acceptors (Lipinski definition) is 5. The van der Waals surface area contributed by atoms with Crippen LogP contribution in [-0.2, 0) is 4.74 Å². The third kappa shape index (κ3) is 4.21. The summed E-state index contributed by atoms with van der Waals surface area (Å²) in [6.07, 6.45) is 2.70. The molecule has 1 aliphatic carbocycles. The smallest absolute Gasteiger partial charge is 0.410 e. The zero-order valence-corrected chi connectivity index (χ0v) is 15.9. The van der Waals surface area contributed by atoms with Gasteiger partial charge in [-0.1, -0.05) is 0 Å². The predicted molar refractivity (Wildman–Crippen MR) is 102 cm³/mol. The molecule has 2 aliphatic rings. The van der Waals surface area contributed by atoms with Crippen molar-refractivity contribution in [2.75, 3.05) is 36.4 Å². The molecule has 3 rings (SSSR count). The van der Waals surface area contributed by atoms with Crippen molar-refractivity contribution in [3.05, 3.63) is 24.3 Å². The van der Waals surface area contributed by atoms with Crippen LogP contribution >= 0.6 is 0 Å². The van der Waals surface area contributed by atoms with Gasteiger partial charge in [-0.05, 0) is 64.3 Å². The zero-order chi connectivity index (χ0) is 18.8. The highest BCUT2D eigenvalue weighted by atomic mass is 16.6. The van der Waals surface area contributed by atoms with E-state index in [4.69, 9.17) is 4.74 Å². The third-order valence-corrected chi connectivity index (χ3v) is 4.97. The largest absolute Gasteiger partial charge is 0.444 e. The number of carbonyl (C=O) groups is 1. The molecule has 1 aromatic rings. The van der Waals surface area contributed by atoms with E-state index in [1.165, 1.54) is 0 Å². The summed E-state index contributed by atoms with van der Waals surface area (Å²) >= 11 is 0. The first-order valence-corrected chi connectivity index (χ1v) is 9.33. The second kappa shape index (κ2) is 7.06. The first-order valence-electron chi connectivity index (χ1n) is 9.33. The van der Waals surface area contributed by atoms with Crippen LogP contribution in [0.25, 0.3) is 0 Å². The summed E-state index contributed by atoms with van der Waals surface area (Å²) in [5.74, 6) is 0. The van der Waals surface area contributed by atoms with Gasteiger partial charge in [0, 0.05) is 37.6 Å². The molecule has 0 radical (unpaired) electrons. The highest BCUT2D eigenvalue weighted by Crippen LogP contribution is 2.35. The van der Waals surface area contributed by atoms with E-state index in [0.29, 0.717) is 13.1 Å². The standard InChI is InChI=1S/C20H28N4O2/c1-19(2,3)26-18(25)24-13-11-23(12-14-24)17-7-5-16(6-8-17)22-20(15-21)9-4-10-20/h5-8,22H,4,9-14H2,1-3H3. The van der Waals surface area contributed by atoms with E-state index in [1.54, 1.807) is 4.90 Å². The monoisotopic (exact) mass is 356 g/mol. The van der Waals surface area contributed by atoms with Crippen LogP contribution in [-0.4, -0.2) is 48.3 Å². The number of anilines is 2. The lowest BCUT2D eigenvalue weighted by atomic mass is 9.78. The lowest BCUT2D eigenvalue weighted by Gasteiger charge is -2.38. The number of carbonyl (C=O) groups excluding carboxylic acids is 1. The Morgan fingerprint density at radius 2 is 1.77 bits per heavy atom.